The minimum atomic E-state index is -1.55. The molecule has 264 valence electrons. The van der Waals surface area contributed by atoms with Gasteiger partial charge in [0.1, 0.15) is 11.4 Å². The van der Waals surface area contributed by atoms with Crippen LogP contribution in [0, 0.1) is 5.82 Å². The fourth-order valence-corrected chi connectivity index (χ4v) is 8.12. The number of β-lactam (4-membered cyclic amide) rings is 1. The molecule has 2 atom stereocenters. The first-order chi connectivity index (χ1) is 24.4. The van der Waals surface area contributed by atoms with E-state index in [4.69, 9.17) is 23.2 Å². The van der Waals surface area contributed by atoms with Gasteiger partial charge in [-0.05, 0) is 54.0 Å². The number of thioether (sulfide) groups is 2. The highest BCUT2D eigenvalue weighted by Gasteiger charge is 2.52. The molecule has 0 aliphatic carbocycles. The Bertz CT molecular complexity index is 2010. The van der Waals surface area contributed by atoms with E-state index in [1.54, 1.807) is 52.2 Å². The first-order valence-corrected chi connectivity index (χ1v) is 18.2. The zero-order valence-electron chi connectivity index (χ0n) is 26.4. The number of allylic oxidation sites excluding steroid dienone is 1. The molecule has 3 aliphatic heterocycles. The Labute approximate surface area is 309 Å². The summed E-state index contributed by atoms with van der Waals surface area (Å²) in [5.41, 5.74) is 1.36. The Morgan fingerprint density at radius 3 is 2.55 bits per heavy atom. The normalized spacial score (nSPS) is 19.2. The molecule has 6 rings (SSSR count). The van der Waals surface area contributed by atoms with Crippen LogP contribution in [0.15, 0.2) is 88.7 Å². The molecule has 4 heterocycles. The summed E-state index contributed by atoms with van der Waals surface area (Å²) in [5.74, 6) is -4.40. The SMILES string of the molecule is O=C(C[n+]1ccc(CN2CC/C(=C\C3=C(C(=O)[O-])N4C(=O)[C@@H](NC(=O)CSc5ccc(Cl)c(Cl)c5)[C@H]4SC3)C2=O)cc1)Nc1ccc(O)c(F)c1. The predicted molar refractivity (Wildman–Crippen MR) is 186 cm³/mol. The summed E-state index contributed by atoms with van der Waals surface area (Å²) in [5, 5.41) is 26.9. The van der Waals surface area contributed by atoms with E-state index in [2.05, 4.69) is 10.6 Å². The second-order valence-electron chi connectivity index (χ2n) is 11.7. The molecule has 51 heavy (non-hydrogen) atoms. The van der Waals surface area contributed by atoms with Crippen molar-refractivity contribution >= 4 is 82.0 Å². The molecule has 2 saturated heterocycles. The van der Waals surface area contributed by atoms with Crippen LogP contribution in [0.4, 0.5) is 10.1 Å². The third-order valence-corrected chi connectivity index (χ3v) is 11.3. The van der Waals surface area contributed by atoms with Gasteiger partial charge in [0.15, 0.2) is 24.0 Å². The molecule has 12 nitrogen and oxygen atoms in total. The monoisotopic (exact) mass is 771 g/mol. The number of fused-ring (bicyclic) bond motifs is 1. The summed E-state index contributed by atoms with van der Waals surface area (Å²) in [4.78, 5) is 67.1. The quantitative estimate of drug-likeness (QED) is 0.0875. The zero-order chi connectivity index (χ0) is 36.4. The van der Waals surface area contributed by atoms with Gasteiger partial charge in [-0.1, -0.05) is 23.2 Å². The van der Waals surface area contributed by atoms with Crippen molar-refractivity contribution in [3.63, 3.8) is 0 Å². The number of aliphatic carboxylic acids is 1. The van der Waals surface area contributed by atoms with Crippen LogP contribution in [-0.4, -0.2) is 74.0 Å². The number of rotatable bonds is 11. The summed E-state index contributed by atoms with van der Waals surface area (Å²) in [6.07, 6.45) is 5.22. The number of hydrogen-bond donors (Lipinski definition) is 3. The number of nitrogens with zero attached hydrogens (tertiary/aromatic N) is 3. The third kappa shape index (κ3) is 8.17. The molecular formula is C34H28Cl2FN5O7S2. The van der Waals surface area contributed by atoms with Crippen molar-refractivity contribution in [3.8, 4) is 5.75 Å². The van der Waals surface area contributed by atoms with Crippen LogP contribution in [0.2, 0.25) is 10.0 Å². The number of carboxylic acid groups (broad SMARTS) is 1. The summed E-state index contributed by atoms with van der Waals surface area (Å²) < 4.78 is 15.2. The Morgan fingerprint density at radius 2 is 1.84 bits per heavy atom. The fraction of sp³-hybridized carbons (Fsp3) is 0.235. The van der Waals surface area contributed by atoms with Gasteiger partial charge in [0, 0.05) is 53.2 Å². The maximum absolute atomic E-state index is 13.6. The molecule has 2 fully saturated rings. The molecule has 0 saturated carbocycles. The second-order valence-corrected chi connectivity index (χ2v) is 14.7. The number of anilines is 1. The first kappa shape index (κ1) is 36.2. The molecular weight excluding hydrogens is 744 g/mol. The molecule has 0 radical (unpaired) electrons. The van der Waals surface area contributed by atoms with Gasteiger partial charge in [-0.2, -0.15) is 4.57 Å². The van der Waals surface area contributed by atoms with E-state index in [0.29, 0.717) is 28.6 Å². The van der Waals surface area contributed by atoms with Crippen LogP contribution < -0.4 is 20.3 Å². The van der Waals surface area contributed by atoms with Gasteiger partial charge >= 0.3 is 0 Å². The lowest BCUT2D eigenvalue weighted by atomic mass is 10.0. The van der Waals surface area contributed by atoms with Gasteiger partial charge in [-0.3, -0.25) is 24.1 Å². The molecule has 0 spiro atoms. The van der Waals surface area contributed by atoms with Crippen molar-refractivity contribution < 1.29 is 43.1 Å². The number of amides is 4. The van der Waals surface area contributed by atoms with Gasteiger partial charge in [0.2, 0.25) is 18.4 Å². The number of benzene rings is 2. The molecule has 2 aromatic carbocycles. The van der Waals surface area contributed by atoms with E-state index in [-0.39, 0.29) is 47.5 Å². The molecule has 3 aliphatic rings. The predicted octanol–water partition coefficient (Wildman–Crippen LogP) is 2.62. The van der Waals surface area contributed by atoms with Crippen LogP contribution in [0.3, 0.4) is 0 Å². The summed E-state index contributed by atoms with van der Waals surface area (Å²) in [7, 11) is 0. The number of aromatic hydroxyl groups is 1. The number of phenols is 1. The maximum atomic E-state index is 13.6. The highest BCUT2D eigenvalue weighted by atomic mass is 35.5. The van der Waals surface area contributed by atoms with Crippen LogP contribution in [0.5, 0.6) is 5.75 Å². The number of hydrogen-bond acceptors (Lipinski definition) is 9. The van der Waals surface area contributed by atoms with E-state index in [9.17, 15) is 38.6 Å². The van der Waals surface area contributed by atoms with Crippen molar-refractivity contribution in [1.82, 2.24) is 15.1 Å². The average molecular weight is 773 g/mol. The fourth-order valence-electron chi connectivity index (χ4n) is 5.71. The number of halogens is 3. The Kier molecular flexibility index (Phi) is 10.9. The largest absolute Gasteiger partial charge is 0.543 e. The molecule has 3 N–H and O–H groups in total. The van der Waals surface area contributed by atoms with Crippen molar-refractivity contribution in [2.45, 2.75) is 35.8 Å². The lowest BCUT2D eigenvalue weighted by Gasteiger charge is -2.50. The second kappa shape index (κ2) is 15.4. The number of nitrogens with one attached hydrogen (secondary N) is 2. The molecule has 0 unspecified atom stereocenters. The number of carbonyl (C=O) groups excluding carboxylic acids is 5. The third-order valence-electron chi connectivity index (χ3n) is 8.22. The lowest BCUT2D eigenvalue weighted by molar-refractivity contribution is -0.684. The Balaban J connectivity index is 1.04. The van der Waals surface area contributed by atoms with Crippen LogP contribution in [0.25, 0.3) is 0 Å². The number of pyridine rings is 1. The van der Waals surface area contributed by atoms with Crippen LogP contribution >= 0.6 is 46.7 Å². The summed E-state index contributed by atoms with van der Waals surface area (Å²) >= 11 is 14.5. The van der Waals surface area contributed by atoms with Crippen LogP contribution in [0.1, 0.15) is 12.0 Å². The van der Waals surface area contributed by atoms with Crippen molar-refractivity contribution in [3.05, 3.63) is 105 Å². The highest BCUT2D eigenvalue weighted by Crippen LogP contribution is 2.41. The van der Waals surface area contributed by atoms with E-state index in [1.807, 2.05) is 0 Å². The highest BCUT2D eigenvalue weighted by molar-refractivity contribution is 8.00. The average Bonchev–Trinajstić information content (AvgIpc) is 3.43. The van der Waals surface area contributed by atoms with E-state index in [1.165, 1.54) is 35.7 Å². The zero-order valence-corrected chi connectivity index (χ0v) is 29.6. The standard InChI is InChI=1S/C34H28Cl2FN5O7S2/c35-23-3-2-22(13-24(23)36)50-17-28(45)39-29-32(47)42-30(34(48)49)20(16-51-33(29)42)11-19-7-10-41(31(19)46)14-18-5-8-40(9-6-18)15-27(44)38-21-1-4-26(43)25(37)12-21/h1-6,8-9,11-13,29,33H,7,10,14-17H2,(H3-,38,39,43,44,45,48,49)/b19-11+/t29-,33-/m1/s1. The molecule has 3 aromatic rings. The number of likely N-dealkylation sites (tertiary alicyclic amines) is 1. The Hall–Kier alpha value is -4.57. The van der Waals surface area contributed by atoms with Crippen molar-refractivity contribution in [2.75, 3.05) is 23.4 Å². The van der Waals surface area contributed by atoms with Gasteiger partial charge in [0.25, 0.3) is 11.8 Å². The van der Waals surface area contributed by atoms with Gasteiger partial charge in [-0.15, -0.1) is 23.5 Å². The molecule has 4 amide bonds. The van der Waals surface area contributed by atoms with Gasteiger partial charge < -0.3 is 30.5 Å². The topological polar surface area (TPSA) is 163 Å². The molecule has 1 aromatic heterocycles. The summed E-state index contributed by atoms with van der Waals surface area (Å²) in [6, 6.07) is 11.1. The number of aromatic nitrogens is 1. The molecule has 0 bridgehead atoms. The number of phenolic OH excluding ortho intramolecular Hbond substituents is 1. The minimum absolute atomic E-state index is 0.00372. The van der Waals surface area contributed by atoms with E-state index < -0.39 is 46.7 Å². The van der Waals surface area contributed by atoms with Crippen molar-refractivity contribution in [1.29, 1.82) is 0 Å². The first-order valence-electron chi connectivity index (χ1n) is 15.4. The number of carbonyl (C=O) groups is 5. The molecule has 17 heteroatoms. The summed E-state index contributed by atoms with van der Waals surface area (Å²) in [6.45, 7) is 0.610. The maximum Gasteiger partial charge on any atom is 0.290 e. The van der Waals surface area contributed by atoms with E-state index in [0.717, 1.165) is 27.5 Å². The van der Waals surface area contributed by atoms with Gasteiger partial charge in [-0.25, -0.2) is 4.39 Å². The van der Waals surface area contributed by atoms with Crippen molar-refractivity contribution in [2.24, 2.45) is 0 Å². The van der Waals surface area contributed by atoms with Crippen LogP contribution in [-0.2, 0) is 37.1 Å². The minimum Gasteiger partial charge on any atom is -0.543 e. The van der Waals surface area contributed by atoms with E-state index >= 15 is 0 Å². The smallest absolute Gasteiger partial charge is 0.290 e. The van der Waals surface area contributed by atoms with Gasteiger partial charge in [0.05, 0.1) is 27.5 Å². The Morgan fingerprint density at radius 1 is 1.08 bits per heavy atom. The number of carboxylic acids is 1. The lowest BCUT2D eigenvalue weighted by Crippen LogP contribution is -2.71.